The van der Waals surface area contributed by atoms with Crippen molar-refractivity contribution in [3.8, 4) is 0 Å². The van der Waals surface area contributed by atoms with Crippen molar-refractivity contribution in [2.75, 3.05) is 25.4 Å². The standard InChI is InChI=1S/C16H18N2O3S/c1-17(2)16(19)13-8-7-9-14(12-13)18(3)22(20,21)15-10-5-4-6-11-15/h4-12H,1-3H3. The summed E-state index contributed by atoms with van der Waals surface area (Å²) in [5.74, 6) is -0.174. The molecule has 2 aromatic carbocycles. The van der Waals surface area contributed by atoms with E-state index in [0.29, 0.717) is 11.3 Å². The quantitative estimate of drug-likeness (QED) is 0.868. The third-order valence-corrected chi connectivity index (χ3v) is 5.06. The highest BCUT2D eigenvalue weighted by atomic mass is 32.2. The van der Waals surface area contributed by atoms with Gasteiger partial charge in [-0.1, -0.05) is 24.3 Å². The molecule has 2 rings (SSSR count). The minimum absolute atomic E-state index is 0.174. The largest absolute Gasteiger partial charge is 0.345 e. The third kappa shape index (κ3) is 3.12. The van der Waals surface area contributed by atoms with Crippen molar-refractivity contribution in [2.45, 2.75) is 4.90 Å². The molecule has 0 atom stereocenters. The lowest BCUT2D eigenvalue weighted by Crippen LogP contribution is -2.27. The predicted octanol–water partition coefficient (Wildman–Crippen LogP) is 2.21. The Morgan fingerprint density at radius 2 is 1.55 bits per heavy atom. The van der Waals surface area contributed by atoms with Gasteiger partial charge < -0.3 is 4.90 Å². The molecule has 116 valence electrons. The van der Waals surface area contributed by atoms with E-state index in [9.17, 15) is 13.2 Å². The molecule has 5 nitrogen and oxygen atoms in total. The maximum atomic E-state index is 12.6. The highest BCUT2D eigenvalue weighted by Gasteiger charge is 2.21. The summed E-state index contributed by atoms with van der Waals surface area (Å²) in [6.07, 6.45) is 0. The monoisotopic (exact) mass is 318 g/mol. The number of sulfonamides is 1. The van der Waals surface area contributed by atoms with E-state index in [4.69, 9.17) is 0 Å². The number of hydrogen-bond donors (Lipinski definition) is 0. The van der Waals surface area contributed by atoms with Gasteiger partial charge in [0.15, 0.2) is 0 Å². The second-order valence-corrected chi connectivity index (χ2v) is 7.00. The molecule has 0 aliphatic carbocycles. The van der Waals surface area contributed by atoms with Crippen LogP contribution in [0.2, 0.25) is 0 Å². The number of amides is 1. The van der Waals surface area contributed by atoms with Crippen molar-refractivity contribution in [1.29, 1.82) is 0 Å². The van der Waals surface area contributed by atoms with E-state index in [-0.39, 0.29) is 10.8 Å². The Bertz CT molecular complexity index is 771. The van der Waals surface area contributed by atoms with Gasteiger partial charge in [-0.15, -0.1) is 0 Å². The maximum absolute atomic E-state index is 12.6. The molecule has 0 fully saturated rings. The summed E-state index contributed by atoms with van der Waals surface area (Å²) >= 11 is 0. The fourth-order valence-corrected chi connectivity index (χ4v) is 3.19. The maximum Gasteiger partial charge on any atom is 0.264 e. The highest BCUT2D eigenvalue weighted by molar-refractivity contribution is 7.92. The van der Waals surface area contributed by atoms with Crippen molar-refractivity contribution in [1.82, 2.24) is 4.90 Å². The summed E-state index contributed by atoms with van der Waals surface area (Å²) in [4.78, 5) is 13.7. The molecule has 0 aliphatic rings. The molecule has 6 heteroatoms. The van der Waals surface area contributed by atoms with Crippen molar-refractivity contribution in [3.05, 3.63) is 60.2 Å². The summed E-state index contributed by atoms with van der Waals surface area (Å²) in [6, 6.07) is 14.8. The average Bonchev–Trinajstić information content (AvgIpc) is 2.54. The average molecular weight is 318 g/mol. The molecule has 0 aliphatic heterocycles. The second kappa shape index (κ2) is 6.19. The lowest BCUT2D eigenvalue weighted by Gasteiger charge is -2.20. The first-order valence-electron chi connectivity index (χ1n) is 6.70. The zero-order chi connectivity index (χ0) is 16.3. The van der Waals surface area contributed by atoms with Crippen molar-refractivity contribution < 1.29 is 13.2 Å². The lowest BCUT2D eigenvalue weighted by atomic mass is 10.2. The third-order valence-electron chi connectivity index (χ3n) is 3.26. The van der Waals surface area contributed by atoms with Gasteiger partial charge in [-0.05, 0) is 30.3 Å². The Balaban J connectivity index is 2.40. The molecule has 2 aromatic rings. The highest BCUT2D eigenvalue weighted by Crippen LogP contribution is 2.23. The Labute approximate surface area is 130 Å². The molecule has 0 radical (unpaired) electrons. The molecular formula is C16H18N2O3S. The first-order chi connectivity index (χ1) is 10.3. The molecule has 1 amide bonds. The molecule has 0 aromatic heterocycles. The SMILES string of the molecule is CN(C)C(=O)c1cccc(N(C)S(=O)(=O)c2ccccc2)c1. The van der Waals surface area contributed by atoms with Crippen LogP contribution < -0.4 is 4.31 Å². The Morgan fingerprint density at radius 1 is 0.909 bits per heavy atom. The molecule has 0 spiro atoms. The van der Waals surface area contributed by atoms with Crippen LogP contribution in [0, 0.1) is 0 Å². The van der Waals surface area contributed by atoms with Gasteiger partial charge in [-0.2, -0.15) is 0 Å². The van der Waals surface area contributed by atoms with Crippen molar-refractivity contribution >= 4 is 21.6 Å². The minimum Gasteiger partial charge on any atom is -0.345 e. The summed E-state index contributed by atoms with van der Waals surface area (Å²) in [6.45, 7) is 0. The molecular weight excluding hydrogens is 300 g/mol. The number of rotatable bonds is 4. The number of nitrogens with zero attached hydrogens (tertiary/aromatic N) is 2. The van der Waals surface area contributed by atoms with Crippen LogP contribution in [-0.2, 0) is 10.0 Å². The molecule has 0 saturated carbocycles. The van der Waals surface area contributed by atoms with Crippen LogP contribution in [0.15, 0.2) is 59.5 Å². The normalized spacial score (nSPS) is 11.0. The van der Waals surface area contributed by atoms with E-state index in [2.05, 4.69) is 0 Å². The smallest absolute Gasteiger partial charge is 0.264 e. The van der Waals surface area contributed by atoms with Gasteiger partial charge in [-0.25, -0.2) is 8.42 Å². The van der Waals surface area contributed by atoms with Crippen LogP contribution in [-0.4, -0.2) is 40.4 Å². The van der Waals surface area contributed by atoms with E-state index >= 15 is 0 Å². The molecule has 0 unspecified atom stereocenters. The van der Waals surface area contributed by atoms with Gasteiger partial charge in [0.2, 0.25) is 0 Å². The molecule has 0 bridgehead atoms. The van der Waals surface area contributed by atoms with Gasteiger partial charge >= 0.3 is 0 Å². The first kappa shape index (κ1) is 16.0. The van der Waals surface area contributed by atoms with E-state index in [1.54, 1.807) is 68.7 Å². The van der Waals surface area contributed by atoms with Gasteiger partial charge in [0.1, 0.15) is 0 Å². The van der Waals surface area contributed by atoms with Gasteiger partial charge in [0.05, 0.1) is 10.6 Å². The summed E-state index contributed by atoms with van der Waals surface area (Å²) in [7, 11) is 1.13. The summed E-state index contributed by atoms with van der Waals surface area (Å²) in [5.41, 5.74) is 0.883. The number of carbonyl (C=O) groups is 1. The van der Waals surface area contributed by atoms with Crippen LogP contribution >= 0.6 is 0 Å². The van der Waals surface area contributed by atoms with Crippen LogP contribution in [0.1, 0.15) is 10.4 Å². The first-order valence-corrected chi connectivity index (χ1v) is 8.14. The van der Waals surface area contributed by atoms with E-state index < -0.39 is 10.0 Å². The molecule has 22 heavy (non-hydrogen) atoms. The van der Waals surface area contributed by atoms with Crippen LogP contribution in [0.3, 0.4) is 0 Å². The zero-order valence-corrected chi connectivity index (χ0v) is 13.5. The molecule has 0 N–H and O–H groups in total. The van der Waals surface area contributed by atoms with Crippen molar-refractivity contribution in [2.24, 2.45) is 0 Å². The summed E-state index contributed by atoms with van der Waals surface area (Å²) < 4.78 is 26.3. The van der Waals surface area contributed by atoms with Gasteiger partial charge in [-0.3, -0.25) is 9.10 Å². The van der Waals surface area contributed by atoms with Crippen LogP contribution in [0.5, 0.6) is 0 Å². The fraction of sp³-hybridized carbons (Fsp3) is 0.188. The number of anilines is 1. The Kier molecular flexibility index (Phi) is 4.51. The topological polar surface area (TPSA) is 57.7 Å². The van der Waals surface area contributed by atoms with Crippen molar-refractivity contribution in [3.63, 3.8) is 0 Å². The minimum atomic E-state index is -3.65. The second-order valence-electron chi connectivity index (χ2n) is 5.04. The number of carbonyl (C=O) groups excluding carboxylic acids is 1. The molecule has 0 saturated heterocycles. The zero-order valence-electron chi connectivity index (χ0n) is 12.7. The van der Waals surface area contributed by atoms with Crippen LogP contribution in [0.25, 0.3) is 0 Å². The fourth-order valence-electron chi connectivity index (χ4n) is 1.98. The Morgan fingerprint density at radius 3 is 2.14 bits per heavy atom. The Hall–Kier alpha value is -2.34. The number of benzene rings is 2. The van der Waals surface area contributed by atoms with Gasteiger partial charge in [0.25, 0.3) is 15.9 Å². The predicted molar refractivity (Wildman–Crippen MR) is 86.5 cm³/mol. The van der Waals surface area contributed by atoms with E-state index in [1.807, 2.05) is 0 Å². The van der Waals surface area contributed by atoms with Gasteiger partial charge in [0, 0.05) is 26.7 Å². The lowest BCUT2D eigenvalue weighted by molar-refractivity contribution is 0.0827. The number of hydrogen-bond acceptors (Lipinski definition) is 3. The van der Waals surface area contributed by atoms with Crippen LogP contribution in [0.4, 0.5) is 5.69 Å². The van der Waals surface area contributed by atoms with E-state index in [1.165, 1.54) is 16.3 Å². The molecule has 0 heterocycles. The summed E-state index contributed by atoms with van der Waals surface area (Å²) in [5, 5.41) is 0. The van der Waals surface area contributed by atoms with E-state index in [0.717, 1.165) is 0 Å².